The van der Waals surface area contributed by atoms with E-state index in [1.54, 1.807) is 30.6 Å². The van der Waals surface area contributed by atoms with Gasteiger partial charge in [0, 0.05) is 42.8 Å². The van der Waals surface area contributed by atoms with Crippen molar-refractivity contribution in [1.82, 2.24) is 19.5 Å². The number of nitrogens with zero attached hydrogens (tertiary/aromatic N) is 4. The van der Waals surface area contributed by atoms with Gasteiger partial charge >= 0.3 is 5.69 Å². The summed E-state index contributed by atoms with van der Waals surface area (Å²) in [6, 6.07) is 10.9. The van der Waals surface area contributed by atoms with E-state index in [-0.39, 0.29) is 17.5 Å². The number of amides is 1. The lowest BCUT2D eigenvalue weighted by atomic mass is 10.00. The normalized spacial score (nSPS) is 14.1. The van der Waals surface area contributed by atoms with Crippen molar-refractivity contribution in [2.45, 2.75) is 32.2 Å². The van der Waals surface area contributed by atoms with E-state index in [9.17, 15) is 14.4 Å². The van der Waals surface area contributed by atoms with Gasteiger partial charge in [0.2, 0.25) is 12.2 Å². The van der Waals surface area contributed by atoms with Gasteiger partial charge in [-0.3, -0.25) is 24.1 Å². The molecule has 0 unspecified atom stereocenters. The van der Waals surface area contributed by atoms with E-state index >= 15 is 0 Å². The van der Waals surface area contributed by atoms with Crippen molar-refractivity contribution in [3.8, 4) is 5.75 Å². The number of carbonyl (C=O) groups excluding carboxylic acids is 2. The number of hydrogen-bond donors (Lipinski definition) is 2. The summed E-state index contributed by atoms with van der Waals surface area (Å²) in [5.74, 6) is 0.205. The van der Waals surface area contributed by atoms with Crippen LogP contribution < -0.4 is 20.6 Å². The molecule has 0 atom stereocenters. The lowest BCUT2D eigenvalue weighted by molar-refractivity contribution is -0.105. The van der Waals surface area contributed by atoms with Crippen LogP contribution in [0.3, 0.4) is 0 Å². The molecule has 10 heteroatoms. The van der Waals surface area contributed by atoms with Crippen molar-refractivity contribution < 1.29 is 14.3 Å². The highest BCUT2D eigenvalue weighted by Gasteiger charge is 2.25. The molecule has 2 N–H and O–H groups in total. The Hall–Kier alpha value is -4.47. The number of ether oxygens (including phenoxy) is 1. The standard InChI is InChI=1S/C27H28N6O4/c1-3-17-13-18(14-23(37-2)24(17)30-16-34)25(35)21-15-20(6-10-28-21)32-11-7-19(8-12-32)33-22-5-4-9-29-26(22)31-27(33)36/h4-6,9-10,13-16,19H,3,7-8,11-12H2,1-2H3,(H,30,34)(H,29,31,36). The first kappa shape index (κ1) is 24.2. The van der Waals surface area contributed by atoms with E-state index < -0.39 is 0 Å². The molecule has 1 aliphatic rings. The predicted molar refractivity (Wildman–Crippen MR) is 141 cm³/mol. The van der Waals surface area contributed by atoms with Gasteiger partial charge in [-0.1, -0.05) is 6.92 Å². The Labute approximate surface area is 213 Å². The fraction of sp³-hybridized carbons (Fsp3) is 0.296. The smallest absolute Gasteiger partial charge is 0.327 e. The molecule has 1 aliphatic heterocycles. The van der Waals surface area contributed by atoms with E-state index in [0.29, 0.717) is 41.2 Å². The molecule has 0 spiro atoms. The summed E-state index contributed by atoms with van der Waals surface area (Å²) in [5, 5.41) is 2.67. The lowest BCUT2D eigenvalue weighted by Crippen LogP contribution is -2.37. The van der Waals surface area contributed by atoms with Gasteiger partial charge in [-0.25, -0.2) is 9.78 Å². The van der Waals surface area contributed by atoms with Gasteiger partial charge in [0.25, 0.3) is 0 Å². The molecule has 4 aromatic rings. The van der Waals surface area contributed by atoms with Crippen LogP contribution in [0.1, 0.15) is 47.4 Å². The van der Waals surface area contributed by atoms with Crippen LogP contribution in [-0.2, 0) is 11.2 Å². The second kappa shape index (κ2) is 10.3. The highest BCUT2D eigenvalue weighted by atomic mass is 16.5. The number of aryl methyl sites for hydroxylation is 1. The fourth-order valence-electron chi connectivity index (χ4n) is 5.06. The maximum atomic E-state index is 13.4. The van der Waals surface area contributed by atoms with Crippen molar-refractivity contribution in [3.05, 3.63) is 76.1 Å². The van der Waals surface area contributed by atoms with Crippen LogP contribution >= 0.6 is 0 Å². The lowest BCUT2D eigenvalue weighted by Gasteiger charge is -2.34. The molecule has 3 aromatic heterocycles. The summed E-state index contributed by atoms with van der Waals surface area (Å²) in [4.78, 5) is 50.6. The first-order valence-electron chi connectivity index (χ1n) is 12.3. The van der Waals surface area contributed by atoms with Crippen LogP contribution in [0.15, 0.2) is 53.6 Å². The molecule has 5 rings (SSSR count). The Bertz CT molecular complexity index is 1490. The number of fused-ring (bicyclic) bond motifs is 1. The maximum absolute atomic E-state index is 13.4. The number of pyridine rings is 2. The number of ketones is 1. The largest absolute Gasteiger partial charge is 0.495 e. The molecule has 1 amide bonds. The number of aromatic nitrogens is 4. The highest BCUT2D eigenvalue weighted by Crippen LogP contribution is 2.32. The zero-order valence-corrected chi connectivity index (χ0v) is 20.7. The SMILES string of the molecule is CCc1cc(C(=O)c2cc(N3CCC(n4c(=O)[nH]c5ncccc54)CC3)ccn2)cc(OC)c1NC=O. The third kappa shape index (κ3) is 4.57. The number of carbonyl (C=O) groups is 2. The Morgan fingerprint density at radius 1 is 1.19 bits per heavy atom. The molecule has 0 radical (unpaired) electrons. The molecule has 1 fully saturated rings. The maximum Gasteiger partial charge on any atom is 0.327 e. The number of methoxy groups -OCH3 is 1. The third-order valence-corrected chi connectivity index (χ3v) is 6.91. The number of imidazole rings is 1. The second-order valence-electron chi connectivity index (χ2n) is 8.95. The average molecular weight is 501 g/mol. The van der Waals surface area contributed by atoms with Crippen molar-refractivity contribution in [1.29, 1.82) is 0 Å². The monoisotopic (exact) mass is 500 g/mol. The molecule has 4 heterocycles. The van der Waals surface area contributed by atoms with Crippen molar-refractivity contribution in [3.63, 3.8) is 0 Å². The van der Waals surface area contributed by atoms with E-state index in [2.05, 4.69) is 25.2 Å². The third-order valence-electron chi connectivity index (χ3n) is 6.91. The molecule has 10 nitrogen and oxygen atoms in total. The first-order valence-corrected chi connectivity index (χ1v) is 12.3. The Kier molecular flexibility index (Phi) is 6.72. The molecule has 1 saturated heterocycles. The first-order chi connectivity index (χ1) is 18.0. The van der Waals surface area contributed by atoms with Gasteiger partial charge in [0.05, 0.1) is 18.3 Å². The van der Waals surface area contributed by atoms with Gasteiger partial charge in [0.1, 0.15) is 11.4 Å². The van der Waals surface area contributed by atoms with Crippen LogP contribution in [0.25, 0.3) is 11.2 Å². The minimum atomic E-state index is -0.222. The molecule has 190 valence electrons. The van der Waals surface area contributed by atoms with Crippen molar-refractivity contribution in [2.75, 3.05) is 30.4 Å². The molecular formula is C27H28N6O4. The number of rotatable bonds is 8. The number of nitrogens with one attached hydrogen (secondary N) is 2. The quantitative estimate of drug-likeness (QED) is 0.281. The second-order valence-corrected chi connectivity index (χ2v) is 8.95. The summed E-state index contributed by atoms with van der Waals surface area (Å²) < 4.78 is 7.24. The molecule has 0 saturated carbocycles. The zero-order chi connectivity index (χ0) is 25.9. The number of benzene rings is 1. The van der Waals surface area contributed by atoms with E-state index in [1.165, 1.54) is 7.11 Å². The Morgan fingerprint density at radius 2 is 2.00 bits per heavy atom. The van der Waals surface area contributed by atoms with Crippen LogP contribution in [0.4, 0.5) is 11.4 Å². The highest BCUT2D eigenvalue weighted by molar-refractivity contribution is 6.09. The van der Waals surface area contributed by atoms with E-state index in [4.69, 9.17) is 4.74 Å². The Morgan fingerprint density at radius 3 is 2.73 bits per heavy atom. The molecule has 0 bridgehead atoms. The molecule has 1 aromatic carbocycles. The fourth-order valence-corrected chi connectivity index (χ4v) is 5.06. The van der Waals surface area contributed by atoms with Crippen LogP contribution in [-0.4, -0.2) is 51.9 Å². The number of H-pyrrole nitrogens is 1. The van der Waals surface area contributed by atoms with Crippen molar-refractivity contribution in [2.24, 2.45) is 0 Å². The summed E-state index contributed by atoms with van der Waals surface area (Å²) in [6.45, 7) is 3.42. The predicted octanol–water partition coefficient (Wildman–Crippen LogP) is 3.33. The summed E-state index contributed by atoms with van der Waals surface area (Å²) in [6.07, 6.45) is 6.10. The minimum Gasteiger partial charge on any atom is -0.495 e. The summed E-state index contributed by atoms with van der Waals surface area (Å²) in [5.41, 5.74) is 4.33. The van der Waals surface area contributed by atoms with E-state index in [0.717, 1.165) is 42.7 Å². The van der Waals surface area contributed by atoms with Gasteiger partial charge in [-0.2, -0.15) is 0 Å². The molecule has 37 heavy (non-hydrogen) atoms. The Balaban J connectivity index is 1.36. The average Bonchev–Trinajstić information content (AvgIpc) is 3.28. The molecular weight excluding hydrogens is 472 g/mol. The van der Waals surface area contributed by atoms with Crippen LogP contribution in [0, 0.1) is 0 Å². The number of anilines is 2. The van der Waals surface area contributed by atoms with Gasteiger partial charge < -0.3 is 15.0 Å². The molecule has 0 aliphatic carbocycles. The van der Waals surface area contributed by atoms with E-state index in [1.807, 2.05) is 29.7 Å². The van der Waals surface area contributed by atoms with Gasteiger partial charge in [-0.05, 0) is 61.2 Å². The number of hydrogen-bond acceptors (Lipinski definition) is 7. The van der Waals surface area contributed by atoms with Gasteiger partial charge in [-0.15, -0.1) is 0 Å². The minimum absolute atomic E-state index is 0.0723. The van der Waals surface area contributed by atoms with Crippen LogP contribution in [0.5, 0.6) is 5.75 Å². The van der Waals surface area contributed by atoms with Crippen LogP contribution in [0.2, 0.25) is 0 Å². The topological polar surface area (TPSA) is 122 Å². The summed E-state index contributed by atoms with van der Waals surface area (Å²) >= 11 is 0. The van der Waals surface area contributed by atoms with Gasteiger partial charge in [0.15, 0.2) is 5.65 Å². The summed E-state index contributed by atoms with van der Waals surface area (Å²) in [7, 11) is 1.50. The van der Waals surface area contributed by atoms with Crippen molar-refractivity contribution >= 4 is 34.7 Å². The number of piperidine rings is 1. The number of aromatic amines is 1. The zero-order valence-electron chi connectivity index (χ0n) is 20.7.